The molecule has 8 heteroatoms. The highest BCUT2D eigenvalue weighted by Gasteiger charge is 2.10. The van der Waals surface area contributed by atoms with Gasteiger partial charge in [0.2, 0.25) is 11.8 Å². The van der Waals surface area contributed by atoms with Crippen molar-refractivity contribution in [3.8, 4) is 5.75 Å². The number of rotatable bonds is 9. The number of nitrogens with one attached hydrogen (secondary N) is 2. The van der Waals surface area contributed by atoms with Gasteiger partial charge in [-0.2, -0.15) is 5.10 Å². The number of carbonyl (C=O) groups excluding carboxylic acids is 2. The summed E-state index contributed by atoms with van der Waals surface area (Å²) in [6, 6.07) is 26.5. The second-order valence-corrected chi connectivity index (χ2v) is 9.32. The largest absolute Gasteiger partial charge is 0.488 e. The van der Waals surface area contributed by atoms with E-state index < -0.39 is 0 Å². The van der Waals surface area contributed by atoms with Gasteiger partial charge < -0.3 is 10.1 Å². The van der Waals surface area contributed by atoms with Crippen LogP contribution in [-0.4, -0.2) is 18.0 Å². The van der Waals surface area contributed by atoms with Gasteiger partial charge in [-0.05, 0) is 52.7 Å². The Morgan fingerprint density at radius 1 is 0.917 bits per heavy atom. The molecule has 36 heavy (non-hydrogen) atoms. The molecule has 4 aromatic carbocycles. The number of fused-ring (bicyclic) bond motifs is 1. The molecular weight excluding hydrogens is 542 g/mol. The highest BCUT2D eigenvalue weighted by atomic mass is 79.9. The van der Waals surface area contributed by atoms with Crippen molar-refractivity contribution in [2.24, 2.45) is 5.10 Å². The third kappa shape index (κ3) is 7.16. The fourth-order valence-corrected chi connectivity index (χ4v) is 3.97. The molecule has 2 N–H and O–H groups in total. The van der Waals surface area contributed by atoms with Crippen LogP contribution in [0, 0.1) is 0 Å². The Morgan fingerprint density at radius 2 is 1.69 bits per heavy atom. The number of amides is 2. The van der Waals surface area contributed by atoms with Crippen LogP contribution in [0.5, 0.6) is 5.75 Å². The summed E-state index contributed by atoms with van der Waals surface area (Å²) in [4.78, 5) is 24.4. The number of hydrogen-bond acceptors (Lipinski definition) is 4. The zero-order valence-electron chi connectivity index (χ0n) is 19.2. The summed E-state index contributed by atoms with van der Waals surface area (Å²) in [5.74, 6) is -0.00495. The monoisotopic (exact) mass is 563 g/mol. The predicted octanol–water partition coefficient (Wildman–Crippen LogP) is 6.70. The van der Waals surface area contributed by atoms with Gasteiger partial charge in [0.25, 0.3) is 0 Å². The van der Waals surface area contributed by atoms with E-state index in [-0.39, 0.29) is 24.7 Å². The van der Waals surface area contributed by atoms with Gasteiger partial charge in [-0.25, -0.2) is 5.43 Å². The summed E-state index contributed by atoms with van der Waals surface area (Å²) >= 11 is 9.36. The third-order valence-corrected chi connectivity index (χ3v) is 6.07. The molecule has 0 heterocycles. The summed E-state index contributed by atoms with van der Waals surface area (Å²) in [7, 11) is 0. The second kappa shape index (κ2) is 12.3. The molecule has 0 saturated heterocycles. The van der Waals surface area contributed by atoms with Crippen LogP contribution in [-0.2, 0) is 16.2 Å². The van der Waals surface area contributed by atoms with E-state index in [1.54, 1.807) is 30.5 Å². The number of hydrogen-bond donors (Lipinski definition) is 2. The fourth-order valence-electron chi connectivity index (χ4n) is 3.52. The summed E-state index contributed by atoms with van der Waals surface area (Å²) in [5.41, 5.74) is 4.86. The van der Waals surface area contributed by atoms with Gasteiger partial charge >= 0.3 is 0 Å². The lowest BCUT2D eigenvalue weighted by atomic mass is 10.0. The number of anilines is 1. The lowest BCUT2D eigenvalue weighted by Crippen LogP contribution is -2.20. The van der Waals surface area contributed by atoms with Crippen molar-refractivity contribution in [1.29, 1.82) is 0 Å². The normalized spacial score (nSPS) is 10.9. The van der Waals surface area contributed by atoms with Gasteiger partial charge in [0.15, 0.2) is 0 Å². The van der Waals surface area contributed by atoms with Crippen molar-refractivity contribution in [3.05, 3.63) is 106 Å². The van der Waals surface area contributed by atoms with Crippen LogP contribution in [0.4, 0.5) is 5.69 Å². The minimum Gasteiger partial charge on any atom is -0.488 e. The van der Waals surface area contributed by atoms with E-state index in [4.69, 9.17) is 16.3 Å². The third-order valence-electron chi connectivity index (χ3n) is 5.31. The van der Waals surface area contributed by atoms with Crippen molar-refractivity contribution in [2.45, 2.75) is 19.4 Å². The van der Waals surface area contributed by atoms with Gasteiger partial charge in [0.05, 0.1) is 6.21 Å². The maximum atomic E-state index is 12.3. The Morgan fingerprint density at radius 3 is 2.50 bits per heavy atom. The molecule has 0 saturated carbocycles. The minimum atomic E-state index is -0.370. The molecule has 0 spiro atoms. The van der Waals surface area contributed by atoms with Crippen molar-refractivity contribution >= 4 is 62.0 Å². The number of ether oxygens (including phenoxy) is 1. The van der Waals surface area contributed by atoms with Gasteiger partial charge in [0.1, 0.15) is 12.4 Å². The minimum absolute atomic E-state index is 0.00774. The van der Waals surface area contributed by atoms with Crippen LogP contribution >= 0.6 is 27.5 Å². The van der Waals surface area contributed by atoms with Gasteiger partial charge in [-0.1, -0.05) is 76.1 Å². The zero-order chi connectivity index (χ0) is 25.3. The molecule has 2 amide bonds. The van der Waals surface area contributed by atoms with Crippen LogP contribution in [0.3, 0.4) is 0 Å². The first-order valence-corrected chi connectivity index (χ1v) is 12.4. The summed E-state index contributed by atoms with van der Waals surface area (Å²) in [6.07, 6.45) is 1.58. The van der Waals surface area contributed by atoms with E-state index in [1.807, 2.05) is 60.7 Å². The summed E-state index contributed by atoms with van der Waals surface area (Å²) in [6.45, 7) is 0.389. The second-order valence-electron chi connectivity index (χ2n) is 7.97. The summed E-state index contributed by atoms with van der Waals surface area (Å²) < 4.78 is 7.09. The van der Waals surface area contributed by atoms with E-state index in [9.17, 15) is 9.59 Å². The first kappa shape index (κ1) is 25.4. The van der Waals surface area contributed by atoms with Gasteiger partial charge in [-0.15, -0.1) is 0 Å². The van der Waals surface area contributed by atoms with Crippen LogP contribution in [0.2, 0.25) is 5.02 Å². The summed E-state index contributed by atoms with van der Waals surface area (Å²) in [5, 5.41) is 9.35. The average Bonchev–Trinajstić information content (AvgIpc) is 2.88. The average molecular weight is 565 g/mol. The van der Waals surface area contributed by atoms with E-state index in [0.717, 1.165) is 26.4 Å². The van der Waals surface area contributed by atoms with E-state index in [0.29, 0.717) is 23.1 Å². The first-order valence-electron chi connectivity index (χ1n) is 11.2. The van der Waals surface area contributed by atoms with E-state index in [1.165, 1.54) is 0 Å². The number of benzene rings is 4. The zero-order valence-corrected chi connectivity index (χ0v) is 21.6. The highest BCUT2D eigenvalue weighted by molar-refractivity contribution is 9.10. The van der Waals surface area contributed by atoms with E-state index in [2.05, 4.69) is 31.8 Å². The molecule has 4 rings (SSSR count). The van der Waals surface area contributed by atoms with Crippen LogP contribution < -0.4 is 15.5 Å². The SMILES string of the molecule is O=C(CCC(=O)Nc1cccc(Cl)c1)NN=Cc1c(OCc2ccc(Br)cc2)ccc2ccccc12. The van der Waals surface area contributed by atoms with E-state index >= 15 is 0 Å². The quantitative estimate of drug-likeness (QED) is 0.175. The molecule has 0 aliphatic heterocycles. The molecule has 0 aliphatic rings. The van der Waals surface area contributed by atoms with Crippen molar-refractivity contribution < 1.29 is 14.3 Å². The Labute approximate surface area is 222 Å². The van der Waals surface area contributed by atoms with Gasteiger partial charge in [0, 0.05) is 33.6 Å². The molecule has 0 atom stereocenters. The topological polar surface area (TPSA) is 79.8 Å². The first-order chi connectivity index (χ1) is 17.5. The lowest BCUT2D eigenvalue weighted by Gasteiger charge is -2.12. The molecule has 0 aromatic heterocycles. The number of nitrogens with zero attached hydrogens (tertiary/aromatic N) is 1. The van der Waals surface area contributed by atoms with Crippen LogP contribution in [0.15, 0.2) is 94.5 Å². The smallest absolute Gasteiger partial charge is 0.240 e. The number of carbonyl (C=O) groups is 2. The number of hydrazone groups is 1. The Bertz CT molecular complexity index is 1410. The molecule has 6 nitrogen and oxygen atoms in total. The molecule has 0 bridgehead atoms. The van der Waals surface area contributed by atoms with Crippen molar-refractivity contribution in [1.82, 2.24) is 5.43 Å². The molecular formula is C28H23BrClN3O3. The molecule has 0 unspecified atom stereocenters. The Hall–Kier alpha value is -3.68. The Kier molecular flexibility index (Phi) is 8.71. The maximum absolute atomic E-state index is 12.3. The van der Waals surface area contributed by atoms with Crippen LogP contribution in [0.25, 0.3) is 10.8 Å². The fraction of sp³-hybridized carbons (Fsp3) is 0.107. The highest BCUT2D eigenvalue weighted by Crippen LogP contribution is 2.27. The van der Waals surface area contributed by atoms with Crippen molar-refractivity contribution in [2.75, 3.05) is 5.32 Å². The maximum Gasteiger partial charge on any atom is 0.240 e. The molecule has 0 aliphatic carbocycles. The predicted molar refractivity (Wildman–Crippen MR) is 147 cm³/mol. The molecule has 0 fully saturated rings. The molecule has 182 valence electrons. The Balaban J connectivity index is 1.39. The lowest BCUT2D eigenvalue weighted by molar-refractivity contribution is -0.124. The molecule has 4 aromatic rings. The standard InChI is InChI=1S/C28H23BrClN3O3/c29-21-11-8-19(9-12-21)18-36-26-13-10-20-4-1-2-7-24(20)25(26)17-31-33-28(35)15-14-27(34)32-23-6-3-5-22(30)16-23/h1-13,16-17H,14-15,18H2,(H,32,34)(H,33,35). The molecule has 0 radical (unpaired) electrons. The van der Waals surface area contributed by atoms with Gasteiger partial charge in [-0.3, -0.25) is 9.59 Å². The number of halogens is 2. The van der Waals surface area contributed by atoms with Crippen molar-refractivity contribution in [3.63, 3.8) is 0 Å². The van der Waals surface area contributed by atoms with Crippen LogP contribution in [0.1, 0.15) is 24.0 Å².